The number of anilines is 3. The molecule has 1 aliphatic carbocycles. The zero-order valence-electron chi connectivity index (χ0n) is 24.7. The summed E-state index contributed by atoms with van der Waals surface area (Å²) in [5, 5.41) is 12.5. The highest BCUT2D eigenvalue weighted by Crippen LogP contribution is 2.34. The lowest BCUT2D eigenvalue weighted by Crippen LogP contribution is -2.61. The normalized spacial score (nSPS) is 20.4. The lowest BCUT2D eigenvalue weighted by atomic mass is 10.1. The molecule has 224 valence electrons. The second-order valence-electron chi connectivity index (χ2n) is 12.4. The van der Waals surface area contributed by atoms with E-state index in [4.69, 9.17) is 19.6 Å². The molecule has 13 heteroatoms. The second kappa shape index (κ2) is 10.3. The molecule has 2 unspecified atom stereocenters. The highest BCUT2D eigenvalue weighted by atomic mass is 16.6. The van der Waals surface area contributed by atoms with Crippen molar-refractivity contribution in [2.75, 3.05) is 48.8 Å². The van der Waals surface area contributed by atoms with E-state index in [0.29, 0.717) is 49.3 Å². The largest absolute Gasteiger partial charge is 0.444 e. The first-order chi connectivity index (χ1) is 20.6. The van der Waals surface area contributed by atoms with Crippen molar-refractivity contribution in [1.29, 1.82) is 0 Å². The maximum absolute atomic E-state index is 12.7. The summed E-state index contributed by atoms with van der Waals surface area (Å²) in [7, 11) is 1.81. The third-order valence-corrected chi connectivity index (χ3v) is 7.86. The number of ether oxygens (including phenoxy) is 2. The SMILES string of the molecule is CNc1ncc(-c2nc3ccc(N4CC5CN(C(=O)OC(C)(C)C)CC(C4)O5)cn3n2)c2cc(NC(=O)C3CC3)ncc12. The standard InChI is InChI=1S/C30H35N9O4/c1-30(2,3)43-29(41)38-15-19-13-37(14-20(16-38)42-19)18-7-8-25-35-27(36-39(25)12-18)23-11-33-26(31-4)22-10-32-24(9-21(22)23)34-28(40)17-5-6-17/h7-12,17,19-20H,5-6,13-16H2,1-4H3,(H,31,33)(H,32,34,40). The summed E-state index contributed by atoms with van der Waals surface area (Å²) >= 11 is 0. The van der Waals surface area contributed by atoms with Crippen molar-refractivity contribution in [2.24, 2.45) is 5.92 Å². The molecule has 13 nitrogen and oxygen atoms in total. The molecule has 3 aliphatic rings. The van der Waals surface area contributed by atoms with Gasteiger partial charge in [-0.3, -0.25) is 4.79 Å². The van der Waals surface area contributed by atoms with Gasteiger partial charge in [0.15, 0.2) is 11.5 Å². The first kappa shape index (κ1) is 27.3. The molecule has 2 atom stereocenters. The van der Waals surface area contributed by atoms with Crippen molar-refractivity contribution in [2.45, 2.75) is 51.4 Å². The van der Waals surface area contributed by atoms with Crippen molar-refractivity contribution < 1.29 is 19.1 Å². The Morgan fingerprint density at radius 3 is 2.49 bits per heavy atom. The number of hydrogen-bond donors (Lipinski definition) is 2. The topological polar surface area (TPSA) is 139 Å². The fourth-order valence-corrected chi connectivity index (χ4v) is 5.71. The van der Waals surface area contributed by atoms with Gasteiger partial charge >= 0.3 is 6.09 Å². The van der Waals surface area contributed by atoms with Gasteiger partial charge in [0.2, 0.25) is 5.91 Å². The van der Waals surface area contributed by atoms with E-state index in [-0.39, 0.29) is 30.1 Å². The van der Waals surface area contributed by atoms with Gasteiger partial charge in [-0.2, -0.15) is 0 Å². The zero-order chi connectivity index (χ0) is 29.9. The number of fused-ring (bicyclic) bond motifs is 4. The summed E-state index contributed by atoms with van der Waals surface area (Å²) in [6.07, 6.45) is 6.74. The quantitative estimate of drug-likeness (QED) is 0.357. The Morgan fingerprint density at radius 2 is 1.79 bits per heavy atom. The Hall–Kier alpha value is -4.52. The first-order valence-electron chi connectivity index (χ1n) is 14.7. The minimum atomic E-state index is -0.537. The molecular formula is C30H35N9O4. The minimum absolute atomic E-state index is 0.000480. The first-order valence-corrected chi connectivity index (χ1v) is 14.7. The van der Waals surface area contributed by atoms with Crippen LogP contribution in [0.1, 0.15) is 33.6 Å². The summed E-state index contributed by atoms with van der Waals surface area (Å²) in [5.74, 6) is 1.77. The number of carbonyl (C=O) groups excluding carboxylic acids is 2. The van der Waals surface area contributed by atoms with E-state index in [9.17, 15) is 9.59 Å². The summed E-state index contributed by atoms with van der Waals surface area (Å²) < 4.78 is 13.5. The van der Waals surface area contributed by atoms with E-state index < -0.39 is 5.60 Å². The van der Waals surface area contributed by atoms with Crippen LogP contribution in [-0.4, -0.2) is 92.5 Å². The smallest absolute Gasteiger partial charge is 0.410 e. The molecule has 7 rings (SSSR count). The van der Waals surface area contributed by atoms with Gasteiger partial charge in [0.05, 0.1) is 37.2 Å². The molecule has 0 spiro atoms. The Labute approximate surface area is 248 Å². The number of hydrogen-bond acceptors (Lipinski definition) is 10. The second-order valence-corrected chi connectivity index (χ2v) is 12.4. The summed E-state index contributed by atoms with van der Waals surface area (Å²) in [6.45, 7) is 7.88. The van der Waals surface area contributed by atoms with Crippen LogP contribution in [-0.2, 0) is 14.3 Å². The highest BCUT2D eigenvalue weighted by molar-refractivity contribution is 6.03. The van der Waals surface area contributed by atoms with Crippen molar-refractivity contribution in [1.82, 2.24) is 29.5 Å². The molecule has 2 saturated heterocycles. The monoisotopic (exact) mass is 585 g/mol. The zero-order valence-corrected chi connectivity index (χ0v) is 24.7. The number of amides is 2. The molecule has 2 aliphatic heterocycles. The van der Waals surface area contributed by atoms with Gasteiger partial charge in [0.25, 0.3) is 0 Å². The van der Waals surface area contributed by atoms with E-state index in [1.807, 2.05) is 52.2 Å². The van der Waals surface area contributed by atoms with Crippen molar-refractivity contribution >= 4 is 45.7 Å². The summed E-state index contributed by atoms with van der Waals surface area (Å²) in [6, 6.07) is 5.85. The third-order valence-electron chi connectivity index (χ3n) is 7.86. The molecule has 1 saturated carbocycles. The number of rotatable bonds is 5. The lowest BCUT2D eigenvalue weighted by Gasteiger charge is -2.46. The van der Waals surface area contributed by atoms with Crippen LogP contribution in [0.25, 0.3) is 27.8 Å². The van der Waals surface area contributed by atoms with Crippen LogP contribution < -0.4 is 15.5 Å². The Bertz CT molecular complexity index is 1710. The molecule has 0 radical (unpaired) electrons. The van der Waals surface area contributed by atoms with Gasteiger partial charge in [-0.25, -0.2) is 24.3 Å². The molecule has 0 aromatic carbocycles. The number of nitrogens with zero attached hydrogens (tertiary/aromatic N) is 7. The molecular weight excluding hydrogens is 550 g/mol. The van der Waals surface area contributed by atoms with Crippen LogP contribution in [0.3, 0.4) is 0 Å². The van der Waals surface area contributed by atoms with Crippen LogP contribution in [0.15, 0.2) is 36.8 Å². The summed E-state index contributed by atoms with van der Waals surface area (Å²) in [4.78, 5) is 42.9. The van der Waals surface area contributed by atoms with E-state index in [1.54, 1.807) is 21.8 Å². The molecule has 4 aromatic rings. The van der Waals surface area contributed by atoms with Crippen LogP contribution in [0.2, 0.25) is 0 Å². The van der Waals surface area contributed by atoms with Gasteiger partial charge in [0, 0.05) is 54.8 Å². The molecule has 43 heavy (non-hydrogen) atoms. The van der Waals surface area contributed by atoms with E-state index in [2.05, 4.69) is 25.5 Å². The number of morpholine rings is 2. The van der Waals surface area contributed by atoms with Crippen molar-refractivity contribution in [3.05, 3.63) is 36.8 Å². The van der Waals surface area contributed by atoms with Gasteiger partial charge in [0.1, 0.15) is 17.2 Å². The molecule has 2 amide bonds. The predicted molar refractivity (Wildman–Crippen MR) is 161 cm³/mol. The van der Waals surface area contributed by atoms with Gasteiger partial charge in [-0.05, 0) is 51.8 Å². The van der Waals surface area contributed by atoms with E-state index in [1.165, 1.54) is 0 Å². The van der Waals surface area contributed by atoms with Crippen LogP contribution in [0, 0.1) is 5.92 Å². The number of carbonyl (C=O) groups is 2. The van der Waals surface area contributed by atoms with Crippen molar-refractivity contribution in [3.8, 4) is 11.4 Å². The number of pyridine rings is 3. The van der Waals surface area contributed by atoms with Gasteiger partial charge in [-0.1, -0.05) is 0 Å². The number of nitrogens with one attached hydrogen (secondary N) is 2. The molecule has 2 N–H and O–H groups in total. The maximum atomic E-state index is 12.7. The van der Waals surface area contributed by atoms with Crippen LogP contribution in [0.5, 0.6) is 0 Å². The maximum Gasteiger partial charge on any atom is 0.410 e. The Balaban J connectivity index is 1.14. The molecule has 3 fully saturated rings. The average Bonchev–Trinajstić information content (AvgIpc) is 3.74. The third kappa shape index (κ3) is 5.52. The summed E-state index contributed by atoms with van der Waals surface area (Å²) in [5.41, 5.74) is 1.90. The van der Waals surface area contributed by atoms with Gasteiger partial charge < -0.3 is 29.9 Å². The van der Waals surface area contributed by atoms with E-state index in [0.717, 1.165) is 34.9 Å². The minimum Gasteiger partial charge on any atom is -0.444 e. The van der Waals surface area contributed by atoms with Gasteiger partial charge in [-0.15, -0.1) is 5.10 Å². The lowest BCUT2D eigenvalue weighted by molar-refractivity contribution is -0.117. The predicted octanol–water partition coefficient (Wildman–Crippen LogP) is 3.55. The Kier molecular flexibility index (Phi) is 6.56. The molecule has 6 heterocycles. The highest BCUT2D eigenvalue weighted by Gasteiger charge is 2.38. The van der Waals surface area contributed by atoms with Crippen LogP contribution in [0.4, 0.5) is 22.1 Å². The Morgan fingerprint density at radius 1 is 1.02 bits per heavy atom. The fraction of sp³-hybridized carbons (Fsp3) is 0.467. The van der Waals surface area contributed by atoms with Crippen LogP contribution >= 0.6 is 0 Å². The van der Waals surface area contributed by atoms with E-state index >= 15 is 0 Å². The van der Waals surface area contributed by atoms with Crippen molar-refractivity contribution in [3.63, 3.8) is 0 Å². The average molecular weight is 586 g/mol. The molecule has 4 aromatic heterocycles. The number of aromatic nitrogens is 5. The fourth-order valence-electron chi connectivity index (χ4n) is 5.71. The molecule has 2 bridgehead atoms.